The maximum atomic E-state index is 12.5. The van der Waals surface area contributed by atoms with Crippen molar-refractivity contribution in [1.82, 2.24) is 9.55 Å². The van der Waals surface area contributed by atoms with Gasteiger partial charge in [-0.15, -0.1) is 0 Å². The second-order valence-electron chi connectivity index (χ2n) is 7.27. The molecule has 0 radical (unpaired) electrons. The van der Waals surface area contributed by atoms with Crippen LogP contribution in [0.3, 0.4) is 0 Å². The van der Waals surface area contributed by atoms with Crippen molar-refractivity contribution in [2.75, 3.05) is 11.1 Å². The number of amides is 1. The van der Waals surface area contributed by atoms with Crippen molar-refractivity contribution in [2.24, 2.45) is 5.92 Å². The van der Waals surface area contributed by atoms with Crippen molar-refractivity contribution in [3.8, 4) is 0 Å². The summed E-state index contributed by atoms with van der Waals surface area (Å²) < 4.78 is 2.11. The van der Waals surface area contributed by atoms with Gasteiger partial charge < -0.3 is 15.6 Å². The molecule has 2 aromatic carbocycles. The average molecular weight is 374 g/mol. The number of nitrogens with two attached hydrogens (primary N) is 1. The van der Waals surface area contributed by atoms with Crippen molar-refractivity contribution in [2.45, 2.75) is 26.8 Å². The third kappa shape index (κ3) is 4.68. The van der Waals surface area contributed by atoms with Crippen LogP contribution in [-0.2, 0) is 4.79 Å². The van der Waals surface area contributed by atoms with E-state index in [0.717, 1.165) is 11.3 Å². The maximum absolute atomic E-state index is 12.5. The lowest BCUT2D eigenvalue weighted by Crippen LogP contribution is -2.16. The van der Waals surface area contributed by atoms with E-state index in [2.05, 4.69) is 40.8 Å². The van der Waals surface area contributed by atoms with E-state index in [-0.39, 0.29) is 11.9 Å². The lowest BCUT2D eigenvalue weighted by atomic mass is 9.95. The number of imidazole rings is 1. The van der Waals surface area contributed by atoms with E-state index in [1.165, 1.54) is 5.56 Å². The van der Waals surface area contributed by atoms with E-state index in [0.29, 0.717) is 17.2 Å². The molecule has 28 heavy (non-hydrogen) atoms. The summed E-state index contributed by atoms with van der Waals surface area (Å²) in [6.45, 7) is 6.17. The Bertz CT molecular complexity index is 939. The van der Waals surface area contributed by atoms with Gasteiger partial charge in [0.1, 0.15) is 0 Å². The molecule has 5 nitrogen and oxygen atoms in total. The smallest absolute Gasteiger partial charge is 0.251 e. The highest BCUT2D eigenvalue weighted by Crippen LogP contribution is 2.27. The molecule has 1 heterocycles. The highest BCUT2D eigenvalue weighted by Gasteiger charge is 2.17. The van der Waals surface area contributed by atoms with Crippen molar-refractivity contribution in [1.29, 1.82) is 0 Å². The monoisotopic (exact) mass is 374 g/mol. The molecule has 0 saturated carbocycles. The zero-order valence-corrected chi connectivity index (χ0v) is 16.5. The van der Waals surface area contributed by atoms with Crippen LogP contribution in [0.5, 0.6) is 0 Å². The fourth-order valence-corrected chi connectivity index (χ4v) is 3.24. The molecule has 3 aromatic rings. The van der Waals surface area contributed by atoms with Crippen LogP contribution in [0.2, 0.25) is 0 Å². The normalized spacial score (nSPS) is 12.8. The van der Waals surface area contributed by atoms with Gasteiger partial charge in [-0.2, -0.15) is 0 Å². The minimum Gasteiger partial charge on any atom is -0.399 e. The summed E-state index contributed by atoms with van der Waals surface area (Å²) >= 11 is 0. The van der Waals surface area contributed by atoms with Crippen LogP contribution in [0.25, 0.3) is 6.08 Å². The second-order valence-corrected chi connectivity index (χ2v) is 7.27. The quantitative estimate of drug-likeness (QED) is 0.483. The zero-order valence-electron chi connectivity index (χ0n) is 16.5. The van der Waals surface area contributed by atoms with E-state index in [1.54, 1.807) is 13.1 Å². The minimum atomic E-state index is -0.125. The first kappa shape index (κ1) is 19.4. The Hall–Kier alpha value is -3.34. The highest BCUT2D eigenvalue weighted by molar-refractivity contribution is 6.06. The van der Waals surface area contributed by atoms with Crippen molar-refractivity contribution in [3.63, 3.8) is 0 Å². The molecule has 0 spiro atoms. The van der Waals surface area contributed by atoms with Crippen LogP contribution in [0.15, 0.2) is 72.8 Å². The van der Waals surface area contributed by atoms with Crippen molar-refractivity contribution < 1.29 is 4.79 Å². The third-order valence-corrected chi connectivity index (χ3v) is 4.67. The molecule has 5 heteroatoms. The lowest BCUT2D eigenvalue weighted by Gasteiger charge is -2.23. The SMILES string of the molecule is C/C(=C/c1ccc(N)cc1)C(=O)Nc1ccc(C(C(C)C)n2ccnc2)cc1. The summed E-state index contributed by atoms with van der Waals surface area (Å²) in [6.07, 6.45) is 7.45. The van der Waals surface area contributed by atoms with E-state index >= 15 is 0 Å². The summed E-state index contributed by atoms with van der Waals surface area (Å²) in [7, 11) is 0. The number of hydrogen-bond acceptors (Lipinski definition) is 3. The number of benzene rings is 2. The van der Waals surface area contributed by atoms with Crippen LogP contribution >= 0.6 is 0 Å². The molecule has 0 aliphatic rings. The molecule has 3 rings (SSSR count). The van der Waals surface area contributed by atoms with Gasteiger partial charge in [0, 0.05) is 29.3 Å². The van der Waals surface area contributed by atoms with Gasteiger partial charge in [0.05, 0.1) is 12.4 Å². The molecule has 0 aliphatic heterocycles. The Balaban J connectivity index is 1.71. The first-order chi connectivity index (χ1) is 13.4. The standard InChI is InChI=1S/C23H26N4O/c1-16(2)22(27-13-12-25-15-27)19-6-10-21(11-7-19)26-23(28)17(3)14-18-4-8-20(24)9-5-18/h4-16,22H,24H2,1-3H3,(H,26,28)/b17-14-. The minimum absolute atomic E-state index is 0.125. The van der Waals surface area contributed by atoms with E-state index in [9.17, 15) is 4.79 Å². The van der Waals surface area contributed by atoms with Gasteiger partial charge in [0.2, 0.25) is 0 Å². The number of hydrogen-bond donors (Lipinski definition) is 2. The topological polar surface area (TPSA) is 72.9 Å². The average Bonchev–Trinajstić information content (AvgIpc) is 3.19. The number of anilines is 2. The summed E-state index contributed by atoms with van der Waals surface area (Å²) in [5, 5.41) is 2.95. The van der Waals surface area contributed by atoms with Gasteiger partial charge in [-0.05, 0) is 54.3 Å². The van der Waals surface area contributed by atoms with Gasteiger partial charge in [-0.1, -0.05) is 38.1 Å². The van der Waals surface area contributed by atoms with E-state index in [4.69, 9.17) is 5.73 Å². The lowest BCUT2D eigenvalue weighted by molar-refractivity contribution is -0.112. The fourth-order valence-electron chi connectivity index (χ4n) is 3.24. The van der Waals surface area contributed by atoms with Crippen LogP contribution in [-0.4, -0.2) is 15.5 Å². The molecular weight excluding hydrogens is 348 g/mol. The molecule has 0 aliphatic carbocycles. The van der Waals surface area contributed by atoms with Crippen LogP contribution in [0.1, 0.15) is 37.9 Å². The van der Waals surface area contributed by atoms with Gasteiger partial charge in [0.25, 0.3) is 5.91 Å². The van der Waals surface area contributed by atoms with Crippen molar-refractivity contribution >= 4 is 23.4 Å². The molecule has 3 N–H and O–H groups in total. The summed E-state index contributed by atoms with van der Waals surface area (Å²) in [6, 6.07) is 15.6. The summed E-state index contributed by atoms with van der Waals surface area (Å²) in [4.78, 5) is 16.6. The molecule has 1 aromatic heterocycles. The maximum Gasteiger partial charge on any atom is 0.251 e. The number of rotatable bonds is 6. The predicted molar refractivity (Wildman–Crippen MR) is 115 cm³/mol. The fraction of sp³-hybridized carbons (Fsp3) is 0.217. The molecule has 144 valence electrons. The zero-order chi connectivity index (χ0) is 20.1. The molecular formula is C23H26N4O. The largest absolute Gasteiger partial charge is 0.399 e. The number of nitrogens with zero attached hydrogens (tertiary/aromatic N) is 2. The van der Waals surface area contributed by atoms with Crippen LogP contribution in [0.4, 0.5) is 11.4 Å². The predicted octanol–water partition coefficient (Wildman–Crippen LogP) is 4.75. The third-order valence-electron chi connectivity index (χ3n) is 4.67. The Labute approximate surface area is 165 Å². The van der Waals surface area contributed by atoms with Gasteiger partial charge >= 0.3 is 0 Å². The first-order valence-electron chi connectivity index (χ1n) is 9.36. The number of carbonyl (C=O) groups excluding carboxylic acids is 1. The van der Waals surface area contributed by atoms with Gasteiger partial charge in [-0.3, -0.25) is 4.79 Å². The Morgan fingerprint density at radius 3 is 2.36 bits per heavy atom. The van der Waals surface area contributed by atoms with Crippen LogP contribution in [0, 0.1) is 5.92 Å². The van der Waals surface area contributed by atoms with Gasteiger partial charge in [-0.25, -0.2) is 4.98 Å². The van der Waals surface area contributed by atoms with Gasteiger partial charge in [0.15, 0.2) is 0 Å². The first-order valence-corrected chi connectivity index (χ1v) is 9.36. The Morgan fingerprint density at radius 1 is 1.11 bits per heavy atom. The van der Waals surface area contributed by atoms with E-state index < -0.39 is 0 Å². The Morgan fingerprint density at radius 2 is 1.79 bits per heavy atom. The molecule has 1 unspecified atom stereocenters. The second kappa shape index (κ2) is 8.57. The Kier molecular flexibility index (Phi) is 5.94. The number of carbonyl (C=O) groups is 1. The molecule has 0 saturated heterocycles. The number of nitrogen functional groups attached to an aromatic ring is 1. The highest BCUT2D eigenvalue weighted by atomic mass is 16.1. The summed E-state index contributed by atoms with van der Waals surface area (Å²) in [5.74, 6) is 0.291. The summed E-state index contributed by atoms with van der Waals surface area (Å²) in [5.41, 5.74) is 9.93. The molecule has 0 bridgehead atoms. The van der Waals surface area contributed by atoms with Crippen LogP contribution < -0.4 is 11.1 Å². The molecule has 1 amide bonds. The molecule has 0 fully saturated rings. The number of aromatic nitrogens is 2. The molecule has 1 atom stereocenters. The van der Waals surface area contributed by atoms with Crippen molar-refractivity contribution in [3.05, 3.63) is 84.0 Å². The van der Waals surface area contributed by atoms with E-state index in [1.807, 2.05) is 55.0 Å². The number of nitrogens with one attached hydrogen (secondary N) is 1.